The average molecular weight is 448 g/mol. The molecule has 0 N–H and O–H groups in total. The number of carbonyl (C=O) groups is 2. The predicted molar refractivity (Wildman–Crippen MR) is 129 cm³/mol. The van der Waals surface area contributed by atoms with Crippen LogP contribution in [0.1, 0.15) is 62.5 Å². The summed E-state index contributed by atoms with van der Waals surface area (Å²) in [6.45, 7) is 10.9. The standard InChI is InChI=1S/C28H33NO4/c1-5-10-18-16-19(17-24(32-4)28(18)33-15-6-2)25-26-20(11-8-13-22(26)30)29(7-3)21-12-9-14-23(31)27(21)25/h5-6,16-17,25H,1-2,7-15H2,3-4H3. The van der Waals surface area contributed by atoms with E-state index in [4.69, 9.17) is 9.47 Å². The molecule has 0 fully saturated rings. The maximum atomic E-state index is 13.3. The van der Waals surface area contributed by atoms with Crippen LogP contribution in [0.4, 0.5) is 0 Å². The van der Waals surface area contributed by atoms with Crippen molar-refractivity contribution in [2.24, 2.45) is 0 Å². The fourth-order valence-electron chi connectivity index (χ4n) is 5.55. The zero-order valence-corrected chi connectivity index (χ0v) is 19.7. The summed E-state index contributed by atoms with van der Waals surface area (Å²) < 4.78 is 11.7. The molecule has 4 rings (SSSR count). The minimum Gasteiger partial charge on any atom is -0.493 e. The van der Waals surface area contributed by atoms with Crippen LogP contribution in [0.2, 0.25) is 0 Å². The van der Waals surface area contributed by atoms with Gasteiger partial charge in [0.25, 0.3) is 0 Å². The molecule has 1 heterocycles. The van der Waals surface area contributed by atoms with Gasteiger partial charge in [-0.2, -0.15) is 0 Å². The topological polar surface area (TPSA) is 55.8 Å². The van der Waals surface area contributed by atoms with Gasteiger partial charge in [-0.15, -0.1) is 6.58 Å². The van der Waals surface area contributed by atoms with E-state index >= 15 is 0 Å². The minimum absolute atomic E-state index is 0.154. The summed E-state index contributed by atoms with van der Waals surface area (Å²) in [5.41, 5.74) is 5.63. The van der Waals surface area contributed by atoms with Gasteiger partial charge in [-0.1, -0.05) is 24.8 Å². The van der Waals surface area contributed by atoms with Crippen molar-refractivity contribution in [3.8, 4) is 11.5 Å². The van der Waals surface area contributed by atoms with Crippen molar-refractivity contribution >= 4 is 11.6 Å². The first-order chi connectivity index (χ1) is 16.0. The first-order valence-corrected chi connectivity index (χ1v) is 11.9. The van der Waals surface area contributed by atoms with Gasteiger partial charge in [-0.25, -0.2) is 0 Å². The van der Waals surface area contributed by atoms with Crippen molar-refractivity contribution in [2.45, 2.75) is 57.8 Å². The van der Waals surface area contributed by atoms with Gasteiger partial charge in [0.2, 0.25) is 0 Å². The molecular weight excluding hydrogens is 414 g/mol. The Morgan fingerprint density at radius 3 is 2.15 bits per heavy atom. The third-order valence-corrected chi connectivity index (χ3v) is 6.82. The van der Waals surface area contributed by atoms with Gasteiger partial charge in [0.1, 0.15) is 6.61 Å². The first kappa shape index (κ1) is 23.1. The normalized spacial score (nSPS) is 18.8. The molecule has 0 spiro atoms. The summed E-state index contributed by atoms with van der Waals surface area (Å²) in [6.07, 6.45) is 8.62. The van der Waals surface area contributed by atoms with E-state index in [1.165, 1.54) is 0 Å². The highest BCUT2D eigenvalue weighted by atomic mass is 16.5. The van der Waals surface area contributed by atoms with Crippen molar-refractivity contribution in [1.29, 1.82) is 0 Å². The Hall–Kier alpha value is -3.08. The third-order valence-electron chi connectivity index (χ3n) is 6.82. The Labute approximate surface area is 196 Å². The lowest BCUT2D eigenvalue weighted by Crippen LogP contribution is -2.39. The molecule has 0 aromatic heterocycles. The second-order valence-corrected chi connectivity index (χ2v) is 8.76. The highest BCUT2D eigenvalue weighted by Crippen LogP contribution is 2.50. The van der Waals surface area contributed by atoms with E-state index in [9.17, 15) is 9.59 Å². The Morgan fingerprint density at radius 1 is 1.00 bits per heavy atom. The van der Waals surface area contributed by atoms with Crippen molar-refractivity contribution < 1.29 is 19.1 Å². The molecule has 1 aromatic rings. The molecule has 0 radical (unpaired) electrons. The summed E-state index contributed by atoms with van der Waals surface area (Å²) in [4.78, 5) is 28.9. The molecule has 3 aliphatic rings. The quantitative estimate of drug-likeness (QED) is 0.498. The lowest BCUT2D eigenvalue weighted by molar-refractivity contribution is -0.117. The number of ketones is 2. The largest absolute Gasteiger partial charge is 0.493 e. The van der Waals surface area contributed by atoms with Gasteiger partial charge in [0.05, 0.1) is 7.11 Å². The molecule has 0 amide bonds. The maximum absolute atomic E-state index is 13.3. The van der Waals surface area contributed by atoms with Crippen molar-refractivity contribution in [2.75, 3.05) is 20.3 Å². The van der Waals surface area contributed by atoms with Crippen LogP contribution in [0.25, 0.3) is 0 Å². The highest BCUT2D eigenvalue weighted by molar-refractivity contribution is 6.06. The van der Waals surface area contributed by atoms with Crippen molar-refractivity contribution in [3.63, 3.8) is 0 Å². The van der Waals surface area contributed by atoms with Gasteiger partial charge in [-0.05, 0) is 50.7 Å². The van der Waals surface area contributed by atoms with Crippen LogP contribution in [-0.4, -0.2) is 36.7 Å². The molecule has 0 atom stereocenters. The number of hydrogen-bond acceptors (Lipinski definition) is 5. The van der Waals surface area contributed by atoms with Crippen LogP contribution in [0.5, 0.6) is 11.5 Å². The summed E-state index contributed by atoms with van der Waals surface area (Å²) >= 11 is 0. The molecule has 0 saturated heterocycles. The minimum atomic E-state index is -0.357. The number of allylic oxidation sites excluding steroid dienone is 5. The van der Waals surface area contributed by atoms with E-state index < -0.39 is 0 Å². The number of Topliss-reactive ketones (excluding diaryl/α,β-unsaturated/α-hetero) is 2. The molecule has 5 nitrogen and oxygen atoms in total. The maximum Gasteiger partial charge on any atom is 0.165 e. The Balaban J connectivity index is 1.96. The smallest absolute Gasteiger partial charge is 0.165 e. The van der Waals surface area contributed by atoms with Gasteiger partial charge >= 0.3 is 0 Å². The summed E-state index contributed by atoms with van der Waals surface area (Å²) in [5.74, 6) is 1.20. The summed E-state index contributed by atoms with van der Waals surface area (Å²) in [7, 11) is 1.62. The lowest BCUT2D eigenvalue weighted by atomic mass is 9.70. The number of benzene rings is 1. The highest BCUT2D eigenvalue weighted by Gasteiger charge is 2.43. The molecule has 33 heavy (non-hydrogen) atoms. The fourth-order valence-corrected chi connectivity index (χ4v) is 5.55. The van der Waals surface area contributed by atoms with Gasteiger partial charge in [-0.3, -0.25) is 9.59 Å². The number of rotatable bonds is 8. The van der Waals surface area contributed by atoms with Crippen LogP contribution in [0, 0.1) is 0 Å². The van der Waals surface area contributed by atoms with E-state index in [0.29, 0.717) is 37.4 Å². The van der Waals surface area contributed by atoms with Gasteiger partial charge in [0, 0.05) is 53.4 Å². The van der Waals surface area contributed by atoms with Crippen LogP contribution in [0.15, 0.2) is 60.0 Å². The Kier molecular flexibility index (Phi) is 6.87. The molecule has 1 aliphatic heterocycles. The van der Waals surface area contributed by atoms with E-state index in [1.807, 2.05) is 12.1 Å². The third kappa shape index (κ3) is 4.05. The SMILES string of the molecule is C=CCOc1c(CC=C)cc(C2C3=C(CCCC3=O)N(CC)C3=C2C(=O)CCC3)cc1OC. The molecule has 0 saturated carbocycles. The summed E-state index contributed by atoms with van der Waals surface area (Å²) in [5, 5.41) is 0. The molecule has 0 bridgehead atoms. The van der Waals surface area contributed by atoms with Gasteiger partial charge < -0.3 is 14.4 Å². The first-order valence-electron chi connectivity index (χ1n) is 11.9. The number of hydrogen-bond donors (Lipinski definition) is 0. The van der Waals surface area contributed by atoms with Crippen LogP contribution in [-0.2, 0) is 16.0 Å². The molecule has 174 valence electrons. The Bertz CT molecular complexity index is 1020. The van der Waals surface area contributed by atoms with E-state index in [0.717, 1.165) is 65.9 Å². The summed E-state index contributed by atoms with van der Waals surface area (Å²) in [6, 6.07) is 4.00. The number of nitrogens with zero attached hydrogens (tertiary/aromatic N) is 1. The van der Waals surface area contributed by atoms with Crippen molar-refractivity contribution in [3.05, 3.63) is 71.1 Å². The predicted octanol–water partition coefficient (Wildman–Crippen LogP) is 5.42. The molecular formula is C28H33NO4. The molecule has 1 aromatic carbocycles. The van der Waals surface area contributed by atoms with E-state index in [-0.39, 0.29) is 17.5 Å². The zero-order valence-electron chi connectivity index (χ0n) is 19.7. The van der Waals surface area contributed by atoms with Gasteiger partial charge in [0.15, 0.2) is 23.1 Å². The van der Waals surface area contributed by atoms with Crippen LogP contribution < -0.4 is 9.47 Å². The lowest BCUT2D eigenvalue weighted by Gasteiger charge is -2.43. The monoisotopic (exact) mass is 447 g/mol. The van der Waals surface area contributed by atoms with Crippen LogP contribution in [0.3, 0.4) is 0 Å². The average Bonchev–Trinajstić information content (AvgIpc) is 2.82. The number of methoxy groups -OCH3 is 1. The second kappa shape index (κ2) is 9.82. The number of carbonyl (C=O) groups excluding carboxylic acids is 2. The van der Waals surface area contributed by atoms with E-state index in [2.05, 4.69) is 31.0 Å². The molecule has 2 aliphatic carbocycles. The number of ether oxygens (including phenoxy) is 2. The Morgan fingerprint density at radius 2 is 1.64 bits per heavy atom. The molecule has 0 unspecified atom stereocenters. The zero-order chi connectivity index (χ0) is 23.5. The fraction of sp³-hybridized carbons (Fsp3) is 0.429. The van der Waals surface area contributed by atoms with E-state index in [1.54, 1.807) is 13.2 Å². The second-order valence-electron chi connectivity index (χ2n) is 8.76. The van der Waals surface area contributed by atoms with Crippen LogP contribution >= 0.6 is 0 Å². The van der Waals surface area contributed by atoms with Crippen molar-refractivity contribution in [1.82, 2.24) is 4.90 Å². The molecule has 5 heteroatoms.